The lowest BCUT2D eigenvalue weighted by molar-refractivity contribution is 0.150. The van der Waals surface area contributed by atoms with Gasteiger partial charge in [0, 0.05) is 17.8 Å². The lowest BCUT2D eigenvalue weighted by atomic mass is 9.84. The van der Waals surface area contributed by atoms with E-state index in [0.29, 0.717) is 11.3 Å². The predicted octanol–water partition coefficient (Wildman–Crippen LogP) is 4.91. The minimum atomic E-state index is -0.239. The standard InChI is InChI=1S/C24H23FN2O2/c1-28-21-13-15-11-12-27-23(18(15)14-22(21)29-2)17-8-4-6-10-20(17)26-24(27)16-7-3-5-9-19(16)25/h3-10,13-14,23-24,26H,11-12H2,1-2H3/t23-,24+/m1/s1. The molecule has 5 rings (SSSR count). The first-order chi connectivity index (χ1) is 14.2. The molecule has 2 aliphatic heterocycles. The van der Waals surface area contributed by atoms with E-state index in [-0.39, 0.29) is 18.0 Å². The summed E-state index contributed by atoms with van der Waals surface area (Å²) >= 11 is 0. The van der Waals surface area contributed by atoms with E-state index in [1.165, 1.54) is 22.8 Å². The Hall–Kier alpha value is -3.05. The molecular formula is C24H23FN2O2. The van der Waals surface area contributed by atoms with Crippen molar-refractivity contribution >= 4 is 5.69 Å². The van der Waals surface area contributed by atoms with Crippen LogP contribution in [0.25, 0.3) is 0 Å². The first-order valence-corrected chi connectivity index (χ1v) is 9.81. The minimum Gasteiger partial charge on any atom is -0.493 e. The number of nitrogens with one attached hydrogen (secondary N) is 1. The van der Waals surface area contributed by atoms with E-state index in [2.05, 4.69) is 40.5 Å². The summed E-state index contributed by atoms with van der Waals surface area (Å²) in [6.45, 7) is 0.813. The van der Waals surface area contributed by atoms with E-state index in [0.717, 1.165) is 24.4 Å². The predicted molar refractivity (Wildman–Crippen MR) is 111 cm³/mol. The average Bonchev–Trinajstić information content (AvgIpc) is 2.77. The summed E-state index contributed by atoms with van der Waals surface area (Å²) in [7, 11) is 3.32. The Morgan fingerprint density at radius 1 is 0.897 bits per heavy atom. The zero-order valence-corrected chi connectivity index (χ0v) is 16.5. The molecule has 0 amide bonds. The van der Waals surface area contributed by atoms with Gasteiger partial charge in [0.2, 0.25) is 0 Å². The molecule has 3 aromatic carbocycles. The van der Waals surface area contributed by atoms with Gasteiger partial charge in [0.1, 0.15) is 12.0 Å². The minimum absolute atomic E-state index is 0.0145. The third-order valence-corrected chi connectivity index (χ3v) is 5.99. The van der Waals surface area contributed by atoms with Gasteiger partial charge in [-0.15, -0.1) is 0 Å². The molecule has 0 radical (unpaired) electrons. The summed E-state index contributed by atoms with van der Waals surface area (Å²) in [5.41, 5.74) is 5.31. The van der Waals surface area contributed by atoms with Crippen molar-refractivity contribution in [2.45, 2.75) is 18.6 Å². The van der Waals surface area contributed by atoms with Crippen LogP contribution in [0.3, 0.4) is 0 Å². The van der Waals surface area contributed by atoms with Crippen LogP contribution < -0.4 is 14.8 Å². The molecule has 29 heavy (non-hydrogen) atoms. The second-order valence-electron chi connectivity index (χ2n) is 7.45. The molecule has 0 fully saturated rings. The zero-order valence-electron chi connectivity index (χ0n) is 16.5. The van der Waals surface area contributed by atoms with Crippen LogP contribution in [0, 0.1) is 5.82 Å². The molecule has 0 saturated carbocycles. The van der Waals surface area contributed by atoms with Crippen molar-refractivity contribution in [1.29, 1.82) is 0 Å². The molecule has 0 aromatic heterocycles. The second kappa shape index (κ2) is 7.08. The van der Waals surface area contributed by atoms with Gasteiger partial charge in [0.05, 0.1) is 20.3 Å². The highest BCUT2D eigenvalue weighted by Gasteiger charge is 2.40. The fourth-order valence-corrected chi connectivity index (χ4v) is 4.64. The smallest absolute Gasteiger partial charge is 0.161 e. The van der Waals surface area contributed by atoms with Crippen molar-refractivity contribution in [3.8, 4) is 11.5 Å². The van der Waals surface area contributed by atoms with Crippen molar-refractivity contribution in [1.82, 2.24) is 4.90 Å². The van der Waals surface area contributed by atoms with Crippen LogP contribution in [0.2, 0.25) is 0 Å². The molecule has 2 heterocycles. The SMILES string of the molecule is COc1cc2c(cc1OC)[C@H]1c3ccccc3N[C@H](c3ccccc3F)N1CC2. The maximum Gasteiger partial charge on any atom is 0.161 e. The van der Waals surface area contributed by atoms with Crippen LogP contribution in [0.15, 0.2) is 60.7 Å². The van der Waals surface area contributed by atoms with Crippen molar-refractivity contribution in [3.63, 3.8) is 0 Å². The number of rotatable bonds is 3. The van der Waals surface area contributed by atoms with Crippen molar-refractivity contribution in [2.24, 2.45) is 0 Å². The molecule has 0 bridgehead atoms. The fraction of sp³-hybridized carbons (Fsp3) is 0.250. The number of methoxy groups -OCH3 is 2. The van der Waals surface area contributed by atoms with Gasteiger partial charge < -0.3 is 14.8 Å². The third-order valence-electron chi connectivity index (χ3n) is 5.99. The number of para-hydroxylation sites is 1. The monoisotopic (exact) mass is 390 g/mol. The van der Waals surface area contributed by atoms with E-state index in [9.17, 15) is 4.39 Å². The molecular weight excluding hydrogens is 367 g/mol. The number of fused-ring (bicyclic) bond motifs is 5. The third kappa shape index (κ3) is 2.85. The number of ether oxygens (including phenoxy) is 2. The Morgan fingerprint density at radius 2 is 1.59 bits per heavy atom. The topological polar surface area (TPSA) is 33.7 Å². The molecule has 0 unspecified atom stereocenters. The van der Waals surface area contributed by atoms with Crippen molar-refractivity contribution in [3.05, 3.63) is 88.7 Å². The Bertz CT molecular complexity index is 1070. The Kier molecular flexibility index (Phi) is 4.40. The summed E-state index contributed by atoms with van der Waals surface area (Å²) in [6, 6.07) is 19.5. The Morgan fingerprint density at radius 3 is 2.34 bits per heavy atom. The van der Waals surface area contributed by atoms with Gasteiger partial charge in [0.25, 0.3) is 0 Å². The maximum atomic E-state index is 14.7. The quantitative estimate of drug-likeness (QED) is 0.689. The Balaban J connectivity index is 1.70. The molecule has 148 valence electrons. The largest absolute Gasteiger partial charge is 0.493 e. The van der Waals surface area contributed by atoms with E-state index in [1.54, 1.807) is 20.3 Å². The van der Waals surface area contributed by atoms with Crippen LogP contribution in [0.4, 0.5) is 10.1 Å². The summed E-state index contributed by atoms with van der Waals surface area (Å²) in [4.78, 5) is 2.34. The Labute approximate surface area is 169 Å². The van der Waals surface area contributed by atoms with Gasteiger partial charge in [-0.25, -0.2) is 4.39 Å². The van der Waals surface area contributed by atoms with Gasteiger partial charge >= 0.3 is 0 Å². The van der Waals surface area contributed by atoms with E-state index in [1.807, 2.05) is 18.2 Å². The molecule has 1 N–H and O–H groups in total. The molecule has 0 spiro atoms. The van der Waals surface area contributed by atoms with Crippen molar-refractivity contribution < 1.29 is 13.9 Å². The summed E-state index contributed by atoms with van der Waals surface area (Å²) in [5, 5.41) is 3.57. The fourth-order valence-electron chi connectivity index (χ4n) is 4.64. The molecule has 4 nitrogen and oxygen atoms in total. The normalized spacial score (nSPS) is 20.1. The summed E-state index contributed by atoms with van der Waals surface area (Å²) in [6.07, 6.45) is 0.624. The van der Waals surface area contributed by atoms with Crippen LogP contribution in [-0.4, -0.2) is 25.7 Å². The molecule has 5 heteroatoms. The van der Waals surface area contributed by atoms with E-state index in [4.69, 9.17) is 9.47 Å². The number of halogens is 1. The first-order valence-electron chi connectivity index (χ1n) is 9.81. The highest BCUT2D eigenvalue weighted by Crippen LogP contribution is 2.49. The van der Waals surface area contributed by atoms with Crippen LogP contribution >= 0.6 is 0 Å². The molecule has 3 aromatic rings. The maximum absolute atomic E-state index is 14.7. The molecule has 0 saturated heterocycles. The number of nitrogens with zero attached hydrogens (tertiary/aromatic N) is 1. The van der Waals surface area contributed by atoms with Gasteiger partial charge in [-0.1, -0.05) is 36.4 Å². The zero-order chi connectivity index (χ0) is 20.0. The van der Waals surface area contributed by atoms with E-state index < -0.39 is 0 Å². The van der Waals surface area contributed by atoms with E-state index >= 15 is 0 Å². The number of anilines is 1. The van der Waals surface area contributed by atoms with Crippen LogP contribution in [-0.2, 0) is 6.42 Å². The molecule has 2 atom stereocenters. The summed E-state index contributed by atoms with van der Waals surface area (Å²) in [5.74, 6) is 1.26. The first kappa shape index (κ1) is 18.0. The van der Waals surface area contributed by atoms with Crippen LogP contribution in [0.5, 0.6) is 11.5 Å². The van der Waals surface area contributed by atoms with Crippen LogP contribution in [0.1, 0.15) is 34.5 Å². The molecule has 2 aliphatic rings. The number of hydrogen-bond acceptors (Lipinski definition) is 4. The van der Waals surface area contributed by atoms with Gasteiger partial charge in [-0.3, -0.25) is 4.90 Å². The average molecular weight is 390 g/mol. The number of hydrogen-bond donors (Lipinski definition) is 1. The molecule has 0 aliphatic carbocycles. The van der Waals surface area contributed by atoms with Crippen molar-refractivity contribution in [2.75, 3.05) is 26.1 Å². The lowest BCUT2D eigenvalue weighted by Crippen LogP contribution is -2.45. The van der Waals surface area contributed by atoms with Gasteiger partial charge in [-0.05, 0) is 47.4 Å². The van der Waals surface area contributed by atoms with Gasteiger partial charge in [0.15, 0.2) is 11.5 Å². The highest BCUT2D eigenvalue weighted by molar-refractivity contribution is 5.61. The number of benzene rings is 3. The summed E-state index contributed by atoms with van der Waals surface area (Å²) < 4.78 is 25.8. The highest BCUT2D eigenvalue weighted by atomic mass is 19.1. The second-order valence-corrected chi connectivity index (χ2v) is 7.45. The van der Waals surface area contributed by atoms with Gasteiger partial charge in [-0.2, -0.15) is 0 Å². The lowest BCUT2D eigenvalue weighted by Gasteiger charge is -2.47.